The van der Waals surface area contributed by atoms with Crippen LogP contribution in [0.5, 0.6) is 5.75 Å². The van der Waals surface area contributed by atoms with Crippen molar-refractivity contribution in [3.05, 3.63) is 48.4 Å². The van der Waals surface area contributed by atoms with Crippen LogP contribution < -0.4 is 24.4 Å². The molecular weight excluding hydrogens is 639 g/mol. The van der Waals surface area contributed by atoms with E-state index >= 15 is 0 Å². The molecule has 1 aromatic heterocycles. The number of amides is 1. The van der Waals surface area contributed by atoms with Crippen LogP contribution in [0.1, 0.15) is 20.8 Å². The molecule has 0 radical (unpaired) electrons. The fraction of sp³-hybridized carbons (Fsp3) is 0.333. The Morgan fingerprint density at radius 2 is 1.74 bits per heavy atom. The molecule has 16 heteroatoms. The maximum atomic E-state index is 13.6. The van der Waals surface area contributed by atoms with Gasteiger partial charge in [-0.25, -0.2) is 0 Å². The number of aromatic nitrogens is 1. The summed E-state index contributed by atoms with van der Waals surface area (Å²) in [5, 5.41) is 19.4. The number of rotatable bonds is 10. The van der Waals surface area contributed by atoms with E-state index in [0.717, 1.165) is 43.1 Å². The second-order valence-electron chi connectivity index (χ2n) is 9.43. The van der Waals surface area contributed by atoms with E-state index < -0.39 is 42.5 Å². The average Bonchev–Trinajstić information content (AvgIpc) is 3.53. The largest absolute Gasteiger partial charge is 0.497 e. The van der Waals surface area contributed by atoms with Crippen molar-refractivity contribution < 1.29 is 38.9 Å². The Hall–Kier alpha value is -3.60. The van der Waals surface area contributed by atoms with Crippen molar-refractivity contribution in [1.29, 1.82) is 0 Å². The van der Waals surface area contributed by atoms with Crippen molar-refractivity contribution in [3.8, 4) is 5.75 Å². The van der Waals surface area contributed by atoms with Gasteiger partial charge in [0.05, 0.1) is 29.0 Å². The van der Waals surface area contributed by atoms with E-state index in [1.807, 2.05) is 19.9 Å². The second-order valence-corrected chi connectivity index (χ2v) is 13.1. The number of allylic oxidation sites excluding steroid dienone is 1. The lowest BCUT2D eigenvalue weighted by Gasteiger charge is -2.23. The molecule has 3 heterocycles. The number of thioether (sulfide) groups is 2. The molecule has 1 fully saturated rings. The molecule has 0 aliphatic carbocycles. The number of hydrogen-bond acceptors (Lipinski definition) is 12. The number of carbonyl (C=O) groups excluding carboxylic acids is 2. The van der Waals surface area contributed by atoms with Crippen molar-refractivity contribution in [2.45, 2.75) is 32.2 Å². The molecule has 1 amide bonds. The first kappa shape index (κ1) is 32.3. The number of anilines is 1. The molecule has 0 atom stereocenters. The topological polar surface area (TPSA) is 156 Å². The van der Waals surface area contributed by atoms with Crippen LogP contribution in [0.2, 0.25) is 0 Å². The van der Waals surface area contributed by atoms with E-state index in [1.54, 1.807) is 37.1 Å². The first-order valence-corrected chi connectivity index (χ1v) is 15.7. The summed E-state index contributed by atoms with van der Waals surface area (Å²) in [6.07, 6.45) is 1.64. The smallest absolute Gasteiger partial charge is 0.325 e. The molecule has 2 aliphatic heterocycles. The molecule has 12 nitrogen and oxygen atoms in total. The van der Waals surface area contributed by atoms with Gasteiger partial charge in [-0.2, -0.15) is 0 Å². The normalized spacial score (nSPS) is 17.6. The van der Waals surface area contributed by atoms with Gasteiger partial charge in [-0.05, 0) is 36.6 Å². The lowest BCUT2D eigenvalue weighted by atomic mass is 10.0. The molecular formula is C27H27N3O9S4. The molecule has 0 spiro atoms. The number of thiazole rings is 1. The molecule has 2 N–H and O–H groups in total. The van der Waals surface area contributed by atoms with Crippen LogP contribution in [-0.2, 0) is 30.5 Å². The van der Waals surface area contributed by atoms with Gasteiger partial charge < -0.3 is 24.6 Å². The van der Waals surface area contributed by atoms with E-state index in [0.29, 0.717) is 16.4 Å². The number of thiocarbonyl (C=S) groups is 1. The Bertz CT molecular complexity index is 1740. The monoisotopic (exact) mass is 665 g/mol. The molecule has 2 aliphatic rings. The van der Waals surface area contributed by atoms with Gasteiger partial charge in [0, 0.05) is 11.0 Å². The maximum absolute atomic E-state index is 13.6. The number of nitrogens with zero attached hydrogens (tertiary/aromatic N) is 3. The van der Waals surface area contributed by atoms with Gasteiger partial charge in [-0.1, -0.05) is 49.6 Å². The first-order valence-electron chi connectivity index (χ1n) is 12.8. The fourth-order valence-corrected chi connectivity index (χ4v) is 8.09. The van der Waals surface area contributed by atoms with Gasteiger partial charge in [0.15, 0.2) is 0 Å². The highest BCUT2D eigenvalue weighted by molar-refractivity contribution is 8.30. The van der Waals surface area contributed by atoms with Crippen LogP contribution in [0.15, 0.2) is 38.5 Å². The number of ether oxygens (including phenoxy) is 2. The number of carboxylic acids is 2. The van der Waals surface area contributed by atoms with Crippen LogP contribution in [0, 0.1) is 5.92 Å². The summed E-state index contributed by atoms with van der Waals surface area (Å²) in [6.45, 7) is 4.28. The molecule has 1 saturated heterocycles. The summed E-state index contributed by atoms with van der Waals surface area (Å²) in [6, 6.07) is 5.48. The Morgan fingerprint density at radius 3 is 2.35 bits per heavy atom. The maximum Gasteiger partial charge on any atom is 0.325 e. The van der Waals surface area contributed by atoms with Crippen LogP contribution in [0.3, 0.4) is 0 Å². The minimum atomic E-state index is -1.30. The van der Waals surface area contributed by atoms with E-state index in [4.69, 9.17) is 21.7 Å². The van der Waals surface area contributed by atoms with E-state index in [9.17, 15) is 34.2 Å². The van der Waals surface area contributed by atoms with Gasteiger partial charge in [0.2, 0.25) is 0 Å². The highest BCUT2D eigenvalue weighted by atomic mass is 32.2. The lowest BCUT2D eigenvalue weighted by molar-refractivity contribution is -0.141. The van der Waals surface area contributed by atoms with Crippen molar-refractivity contribution in [1.82, 2.24) is 9.47 Å². The third-order valence-electron chi connectivity index (χ3n) is 6.19. The molecule has 0 unspecified atom stereocenters. The minimum Gasteiger partial charge on any atom is -0.497 e. The summed E-state index contributed by atoms with van der Waals surface area (Å²) in [5.74, 6) is -3.30. The standard InChI is InChI=1S/C27H27N3O9S4/c1-5-39-21(35)12-28-16-8-14(38-4)6-7-17(16)41-25(28)15(13(2)3)9-18-23(36)29(10-19(31)32)26(42-18)22-24(37)30(11-20(33)34)27(40)43-22/h6-9,13H,5,10-12H2,1-4H3,(H,31,32)(H,33,34)/b18-9+,25-15-,26-22-. The molecule has 4 rings (SSSR count). The van der Waals surface area contributed by atoms with Crippen molar-refractivity contribution in [3.63, 3.8) is 0 Å². The number of fused-ring (bicyclic) bond motifs is 1. The number of methoxy groups -OCH3 is 1. The highest BCUT2D eigenvalue weighted by Gasteiger charge is 2.36. The molecule has 43 heavy (non-hydrogen) atoms. The molecule has 0 saturated carbocycles. The number of benzene rings is 1. The SMILES string of the molecule is CCOC(=O)CN1/C(=C(\C=c2\s/c(=C3\SC(=S)N(CC(=O)O)C3=O)n(CC(=O)O)c2=O)C(C)C)Sc2ccc(OC)cc21. The third-order valence-corrected chi connectivity index (χ3v) is 10.1. The van der Waals surface area contributed by atoms with Crippen molar-refractivity contribution >= 4 is 91.9 Å². The van der Waals surface area contributed by atoms with E-state index in [-0.39, 0.29) is 37.5 Å². The summed E-state index contributed by atoms with van der Waals surface area (Å²) < 4.78 is 11.8. The highest BCUT2D eigenvalue weighted by Crippen LogP contribution is 2.49. The average molecular weight is 666 g/mol. The Balaban J connectivity index is 1.95. The number of carbonyl (C=O) groups is 4. The van der Waals surface area contributed by atoms with Gasteiger partial charge in [-0.3, -0.25) is 33.4 Å². The zero-order chi connectivity index (χ0) is 31.6. The molecule has 0 bridgehead atoms. The quantitative estimate of drug-likeness (QED) is 0.281. The van der Waals surface area contributed by atoms with Gasteiger partial charge >= 0.3 is 17.9 Å². The predicted molar refractivity (Wildman–Crippen MR) is 168 cm³/mol. The van der Waals surface area contributed by atoms with Gasteiger partial charge in [-0.15, -0.1) is 11.3 Å². The number of aliphatic carboxylic acids is 2. The Labute approximate surface area is 263 Å². The Kier molecular flexibility index (Phi) is 10.0. The van der Waals surface area contributed by atoms with Crippen LogP contribution in [0.4, 0.5) is 5.69 Å². The zero-order valence-corrected chi connectivity index (χ0v) is 26.7. The summed E-state index contributed by atoms with van der Waals surface area (Å²) in [4.78, 5) is 65.9. The number of hydrogen-bond donors (Lipinski definition) is 2. The number of carboxylic acid groups (broad SMARTS) is 2. The summed E-state index contributed by atoms with van der Waals surface area (Å²) in [5.41, 5.74) is 0.781. The molecule has 1 aromatic carbocycles. The molecule has 228 valence electrons. The number of esters is 1. The van der Waals surface area contributed by atoms with Gasteiger partial charge in [0.1, 0.15) is 39.3 Å². The summed E-state index contributed by atoms with van der Waals surface area (Å²) in [7, 11) is 1.54. The van der Waals surface area contributed by atoms with Crippen LogP contribution in [0.25, 0.3) is 11.0 Å². The van der Waals surface area contributed by atoms with Gasteiger partial charge in [0.25, 0.3) is 11.5 Å². The van der Waals surface area contributed by atoms with E-state index in [2.05, 4.69) is 0 Å². The Morgan fingerprint density at radius 1 is 1.05 bits per heavy atom. The summed E-state index contributed by atoms with van der Waals surface area (Å²) >= 11 is 8.33. The fourth-order valence-electron chi connectivity index (χ4n) is 4.28. The lowest BCUT2D eigenvalue weighted by Crippen LogP contribution is -2.37. The molecule has 2 aromatic rings. The third kappa shape index (κ3) is 6.82. The van der Waals surface area contributed by atoms with Crippen molar-refractivity contribution in [2.24, 2.45) is 5.92 Å². The second kappa shape index (κ2) is 13.4. The van der Waals surface area contributed by atoms with Crippen LogP contribution >= 0.6 is 47.1 Å². The van der Waals surface area contributed by atoms with E-state index in [1.165, 1.54) is 11.8 Å². The zero-order valence-electron chi connectivity index (χ0n) is 23.4. The minimum absolute atomic E-state index is 0.00852. The van der Waals surface area contributed by atoms with Crippen LogP contribution in [-0.4, -0.2) is 74.6 Å². The first-order chi connectivity index (χ1) is 20.4. The predicted octanol–water partition coefficient (Wildman–Crippen LogP) is 1.88. The van der Waals surface area contributed by atoms with Crippen molar-refractivity contribution in [2.75, 3.05) is 31.7 Å².